The van der Waals surface area contributed by atoms with Crippen molar-refractivity contribution in [3.05, 3.63) is 34.9 Å². The molecular formula is C15H26N2O. The van der Waals surface area contributed by atoms with Gasteiger partial charge in [0, 0.05) is 25.7 Å². The Morgan fingerprint density at radius 1 is 1.28 bits per heavy atom. The third-order valence-corrected chi connectivity index (χ3v) is 3.73. The summed E-state index contributed by atoms with van der Waals surface area (Å²) in [5.41, 5.74) is 9.87. The minimum absolute atomic E-state index is 0.245. The lowest BCUT2D eigenvalue weighted by Gasteiger charge is -2.32. The van der Waals surface area contributed by atoms with Gasteiger partial charge in [0.1, 0.15) is 0 Å². The molecule has 2 N–H and O–H groups in total. The Bertz CT molecular complexity index is 379. The molecule has 0 aromatic heterocycles. The van der Waals surface area contributed by atoms with E-state index in [1.54, 1.807) is 7.11 Å². The van der Waals surface area contributed by atoms with Gasteiger partial charge in [-0.15, -0.1) is 0 Å². The third kappa shape index (κ3) is 3.55. The molecule has 102 valence electrons. The van der Waals surface area contributed by atoms with Gasteiger partial charge in [0.25, 0.3) is 0 Å². The predicted molar refractivity (Wildman–Crippen MR) is 76.8 cm³/mol. The Morgan fingerprint density at radius 2 is 1.94 bits per heavy atom. The standard InChI is InChI=1S/C15H26N2O/c1-11-6-7-14(8-12(11)2)15(9-16)17(4)13(3)10-18-5/h6-8,13,15H,9-10,16H2,1-5H3. The van der Waals surface area contributed by atoms with Crippen molar-refractivity contribution in [1.82, 2.24) is 4.90 Å². The number of aryl methyl sites for hydroxylation is 2. The molecular weight excluding hydrogens is 224 g/mol. The number of rotatable bonds is 6. The second-order valence-electron chi connectivity index (χ2n) is 5.07. The minimum atomic E-state index is 0.245. The molecule has 1 aromatic rings. The molecule has 0 saturated heterocycles. The highest BCUT2D eigenvalue weighted by Crippen LogP contribution is 2.22. The summed E-state index contributed by atoms with van der Waals surface area (Å²) in [7, 11) is 3.84. The van der Waals surface area contributed by atoms with E-state index in [0.29, 0.717) is 12.6 Å². The summed E-state index contributed by atoms with van der Waals surface area (Å²) in [6.07, 6.45) is 0. The molecule has 3 nitrogen and oxygen atoms in total. The number of hydrogen-bond acceptors (Lipinski definition) is 3. The van der Waals surface area contributed by atoms with Crippen LogP contribution in [-0.2, 0) is 4.74 Å². The van der Waals surface area contributed by atoms with Crippen molar-refractivity contribution in [3.63, 3.8) is 0 Å². The Morgan fingerprint density at radius 3 is 2.44 bits per heavy atom. The van der Waals surface area contributed by atoms with Crippen LogP contribution in [0.1, 0.15) is 29.7 Å². The molecule has 0 aliphatic heterocycles. The molecule has 1 aromatic carbocycles. The Balaban J connectivity index is 2.91. The van der Waals surface area contributed by atoms with E-state index in [1.165, 1.54) is 16.7 Å². The van der Waals surface area contributed by atoms with Crippen LogP contribution in [0.3, 0.4) is 0 Å². The molecule has 2 atom stereocenters. The van der Waals surface area contributed by atoms with E-state index in [2.05, 4.69) is 50.9 Å². The zero-order chi connectivity index (χ0) is 13.7. The van der Waals surface area contributed by atoms with Crippen molar-refractivity contribution in [2.75, 3.05) is 27.3 Å². The van der Waals surface area contributed by atoms with Crippen molar-refractivity contribution in [1.29, 1.82) is 0 Å². The van der Waals surface area contributed by atoms with Gasteiger partial charge in [-0.05, 0) is 44.5 Å². The number of methoxy groups -OCH3 is 1. The van der Waals surface area contributed by atoms with E-state index in [0.717, 1.165) is 6.61 Å². The van der Waals surface area contributed by atoms with Crippen LogP contribution in [-0.4, -0.2) is 38.3 Å². The molecule has 0 radical (unpaired) electrons. The number of nitrogens with zero attached hydrogens (tertiary/aromatic N) is 1. The van der Waals surface area contributed by atoms with Crippen LogP contribution in [0.25, 0.3) is 0 Å². The molecule has 0 saturated carbocycles. The van der Waals surface area contributed by atoms with Crippen LogP contribution in [0.15, 0.2) is 18.2 Å². The van der Waals surface area contributed by atoms with Crippen molar-refractivity contribution < 1.29 is 4.74 Å². The van der Waals surface area contributed by atoms with Crippen molar-refractivity contribution in [2.45, 2.75) is 32.9 Å². The monoisotopic (exact) mass is 250 g/mol. The number of likely N-dealkylation sites (N-methyl/N-ethyl adjacent to an activating group) is 1. The van der Waals surface area contributed by atoms with Crippen LogP contribution in [0, 0.1) is 13.8 Å². The maximum atomic E-state index is 5.95. The highest BCUT2D eigenvalue weighted by molar-refractivity contribution is 5.32. The molecule has 0 aliphatic rings. The first-order valence-electron chi connectivity index (χ1n) is 6.49. The Kier molecular flexibility index (Phi) is 5.79. The smallest absolute Gasteiger partial charge is 0.0615 e. The molecule has 0 heterocycles. The summed E-state index contributed by atoms with van der Waals surface area (Å²) in [6.45, 7) is 7.77. The van der Waals surface area contributed by atoms with Crippen LogP contribution < -0.4 is 5.73 Å². The molecule has 0 amide bonds. The zero-order valence-corrected chi connectivity index (χ0v) is 12.2. The first-order chi connectivity index (χ1) is 8.51. The highest BCUT2D eigenvalue weighted by atomic mass is 16.5. The minimum Gasteiger partial charge on any atom is -0.383 e. The summed E-state index contributed by atoms with van der Waals surface area (Å²) < 4.78 is 5.22. The number of benzene rings is 1. The highest BCUT2D eigenvalue weighted by Gasteiger charge is 2.20. The molecule has 2 unspecified atom stereocenters. The number of ether oxygens (including phenoxy) is 1. The van der Waals surface area contributed by atoms with E-state index in [1.807, 2.05) is 0 Å². The molecule has 0 fully saturated rings. The average molecular weight is 250 g/mol. The lowest BCUT2D eigenvalue weighted by Crippen LogP contribution is -2.39. The van der Waals surface area contributed by atoms with E-state index < -0.39 is 0 Å². The van der Waals surface area contributed by atoms with Gasteiger partial charge in [-0.2, -0.15) is 0 Å². The van der Waals surface area contributed by atoms with E-state index >= 15 is 0 Å². The second kappa shape index (κ2) is 6.88. The summed E-state index contributed by atoms with van der Waals surface area (Å²) in [4.78, 5) is 2.29. The SMILES string of the molecule is COCC(C)N(C)C(CN)c1ccc(C)c(C)c1. The van der Waals surface area contributed by atoms with Gasteiger partial charge in [0.15, 0.2) is 0 Å². The molecule has 18 heavy (non-hydrogen) atoms. The fourth-order valence-electron chi connectivity index (χ4n) is 2.18. The zero-order valence-electron chi connectivity index (χ0n) is 12.2. The first kappa shape index (κ1) is 15.2. The van der Waals surface area contributed by atoms with Gasteiger partial charge in [-0.1, -0.05) is 18.2 Å². The van der Waals surface area contributed by atoms with Crippen LogP contribution in [0.4, 0.5) is 0 Å². The molecule has 0 bridgehead atoms. The van der Waals surface area contributed by atoms with Crippen LogP contribution in [0.2, 0.25) is 0 Å². The summed E-state index contributed by atoms with van der Waals surface area (Å²) in [6, 6.07) is 7.18. The van der Waals surface area contributed by atoms with Crippen LogP contribution in [0.5, 0.6) is 0 Å². The van der Waals surface area contributed by atoms with Crippen molar-refractivity contribution in [2.24, 2.45) is 5.73 Å². The van der Waals surface area contributed by atoms with Gasteiger partial charge >= 0.3 is 0 Å². The summed E-state index contributed by atoms with van der Waals surface area (Å²) in [5, 5.41) is 0. The van der Waals surface area contributed by atoms with Crippen molar-refractivity contribution in [3.8, 4) is 0 Å². The predicted octanol–water partition coefficient (Wildman–Crippen LogP) is 2.27. The van der Waals surface area contributed by atoms with Gasteiger partial charge in [-0.3, -0.25) is 4.90 Å². The molecule has 3 heteroatoms. The van der Waals surface area contributed by atoms with Gasteiger partial charge in [-0.25, -0.2) is 0 Å². The normalized spacial score (nSPS) is 14.8. The van der Waals surface area contributed by atoms with E-state index in [-0.39, 0.29) is 6.04 Å². The lowest BCUT2D eigenvalue weighted by molar-refractivity contribution is 0.0910. The third-order valence-electron chi connectivity index (χ3n) is 3.73. The Hall–Kier alpha value is -0.900. The maximum absolute atomic E-state index is 5.95. The number of hydrogen-bond donors (Lipinski definition) is 1. The first-order valence-corrected chi connectivity index (χ1v) is 6.49. The largest absolute Gasteiger partial charge is 0.383 e. The fourth-order valence-corrected chi connectivity index (χ4v) is 2.18. The quantitative estimate of drug-likeness (QED) is 0.841. The Labute approximate surface area is 111 Å². The molecule has 0 spiro atoms. The molecule has 0 aliphatic carbocycles. The maximum Gasteiger partial charge on any atom is 0.0615 e. The fraction of sp³-hybridized carbons (Fsp3) is 0.600. The van der Waals surface area contributed by atoms with Gasteiger partial charge in [0.05, 0.1) is 6.61 Å². The molecule has 1 rings (SSSR count). The topological polar surface area (TPSA) is 38.5 Å². The van der Waals surface area contributed by atoms with E-state index in [4.69, 9.17) is 10.5 Å². The van der Waals surface area contributed by atoms with Gasteiger partial charge in [0.2, 0.25) is 0 Å². The van der Waals surface area contributed by atoms with Crippen LogP contribution >= 0.6 is 0 Å². The summed E-state index contributed by atoms with van der Waals surface area (Å²) >= 11 is 0. The average Bonchev–Trinajstić information content (AvgIpc) is 2.34. The summed E-state index contributed by atoms with van der Waals surface area (Å²) in [5.74, 6) is 0. The lowest BCUT2D eigenvalue weighted by atomic mass is 9.99. The van der Waals surface area contributed by atoms with Crippen molar-refractivity contribution >= 4 is 0 Å². The number of nitrogens with two attached hydrogens (primary N) is 1. The van der Waals surface area contributed by atoms with Gasteiger partial charge < -0.3 is 10.5 Å². The van der Waals surface area contributed by atoms with E-state index in [9.17, 15) is 0 Å². The second-order valence-corrected chi connectivity index (χ2v) is 5.07.